The molecule has 0 amide bonds. The first kappa shape index (κ1) is 26.2. The molecule has 0 N–H and O–H groups in total. The highest BCUT2D eigenvalue weighted by atomic mass is 16.5. The molecule has 8 aromatic carbocycles. The molecule has 47 heavy (non-hydrogen) atoms. The van der Waals surface area contributed by atoms with E-state index in [1.54, 1.807) is 0 Å². The van der Waals surface area contributed by atoms with Crippen molar-refractivity contribution in [2.75, 3.05) is 0 Å². The molecule has 3 heteroatoms. The van der Waals surface area contributed by atoms with Crippen molar-refractivity contribution in [3.8, 4) is 56.4 Å². The molecule has 2 aliphatic heterocycles. The molecule has 0 aliphatic carbocycles. The quantitative estimate of drug-likeness (QED) is 0.149. The van der Waals surface area contributed by atoms with Crippen LogP contribution in [0.3, 0.4) is 0 Å². The van der Waals surface area contributed by atoms with Crippen LogP contribution in [0.1, 0.15) is 0 Å². The van der Waals surface area contributed by atoms with Crippen molar-refractivity contribution >= 4 is 44.6 Å². The summed E-state index contributed by atoms with van der Waals surface area (Å²) in [7, 11) is 0. The fourth-order valence-corrected chi connectivity index (χ4v) is 7.84. The molecule has 0 aromatic heterocycles. The van der Waals surface area contributed by atoms with Gasteiger partial charge in [0.05, 0.1) is 0 Å². The Morgan fingerprint density at radius 2 is 0.872 bits per heavy atom. The Morgan fingerprint density at radius 3 is 1.57 bits per heavy atom. The second-order valence-corrected chi connectivity index (χ2v) is 12.3. The van der Waals surface area contributed by atoms with Crippen LogP contribution in [0.25, 0.3) is 54.9 Å². The molecule has 2 nitrogen and oxygen atoms in total. The van der Waals surface area contributed by atoms with Gasteiger partial charge in [-0.1, -0.05) is 140 Å². The molecule has 0 unspecified atom stereocenters. The maximum absolute atomic E-state index is 6.56. The van der Waals surface area contributed by atoms with Crippen LogP contribution in [0.5, 0.6) is 23.0 Å². The molecular formula is C44H27BO2. The molecule has 0 saturated carbocycles. The third kappa shape index (κ3) is 3.93. The van der Waals surface area contributed by atoms with Crippen molar-refractivity contribution in [3.05, 3.63) is 164 Å². The number of ether oxygens (including phenoxy) is 2. The predicted octanol–water partition coefficient (Wildman–Crippen LogP) is 9.72. The fraction of sp³-hybridized carbons (Fsp3) is 0. The zero-order chi connectivity index (χ0) is 30.9. The van der Waals surface area contributed by atoms with Crippen LogP contribution < -0.4 is 25.9 Å². The summed E-state index contributed by atoms with van der Waals surface area (Å²) in [5.74, 6) is 3.51. The van der Waals surface area contributed by atoms with Gasteiger partial charge in [-0.3, -0.25) is 0 Å². The molecule has 0 bridgehead atoms. The van der Waals surface area contributed by atoms with Crippen LogP contribution in [0.15, 0.2) is 164 Å². The van der Waals surface area contributed by atoms with E-state index in [0.29, 0.717) is 0 Å². The van der Waals surface area contributed by atoms with Crippen molar-refractivity contribution in [2.24, 2.45) is 0 Å². The first-order valence-corrected chi connectivity index (χ1v) is 16.1. The van der Waals surface area contributed by atoms with E-state index in [9.17, 15) is 0 Å². The van der Waals surface area contributed by atoms with Gasteiger partial charge in [0.25, 0.3) is 6.71 Å². The summed E-state index contributed by atoms with van der Waals surface area (Å²) in [6.45, 7) is 0.0180. The smallest absolute Gasteiger partial charge is 0.260 e. The number of para-hydroxylation sites is 1. The summed E-state index contributed by atoms with van der Waals surface area (Å²) in [5, 5.41) is 4.94. The van der Waals surface area contributed by atoms with Crippen LogP contribution in [0.4, 0.5) is 0 Å². The third-order valence-corrected chi connectivity index (χ3v) is 9.81. The molecular weight excluding hydrogens is 571 g/mol. The number of benzene rings is 8. The van der Waals surface area contributed by atoms with E-state index in [4.69, 9.17) is 9.47 Å². The molecule has 10 rings (SSSR count). The molecule has 0 radical (unpaired) electrons. The molecule has 0 atom stereocenters. The van der Waals surface area contributed by atoms with Gasteiger partial charge >= 0.3 is 0 Å². The van der Waals surface area contributed by atoms with E-state index in [1.807, 2.05) is 24.3 Å². The Labute approximate surface area is 273 Å². The number of fused-ring (bicyclic) bond motifs is 6. The lowest BCUT2D eigenvalue weighted by molar-refractivity contribution is 0.464. The van der Waals surface area contributed by atoms with Crippen LogP contribution >= 0.6 is 0 Å². The van der Waals surface area contributed by atoms with Crippen LogP contribution in [-0.4, -0.2) is 6.71 Å². The average molecular weight is 599 g/mol. The van der Waals surface area contributed by atoms with E-state index < -0.39 is 0 Å². The highest BCUT2D eigenvalue weighted by Gasteiger charge is 2.40. The number of hydrogen-bond donors (Lipinski definition) is 0. The Balaban J connectivity index is 1.25. The normalized spacial score (nSPS) is 12.6. The summed E-state index contributed by atoms with van der Waals surface area (Å²) in [6, 6.07) is 58.5. The summed E-state index contributed by atoms with van der Waals surface area (Å²) in [6.07, 6.45) is 0. The summed E-state index contributed by atoms with van der Waals surface area (Å²) >= 11 is 0. The molecule has 218 valence electrons. The minimum Gasteiger partial charge on any atom is -0.458 e. The van der Waals surface area contributed by atoms with E-state index in [2.05, 4.69) is 140 Å². The van der Waals surface area contributed by atoms with Crippen molar-refractivity contribution in [3.63, 3.8) is 0 Å². The molecule has 8 aromatic rings. The molecule has 2 aliphatic rings. The van der Waals surface area contributed by atoms with E-state index >= 15 is 0 Å². The molecule has 0 spiro atoms. The summed E-state index contributed by atoms with van der Waals surface area (Å²) in [5.41, 5.74) is 10.8. The van der Waals surface area contributed by atoms with Crippen molar-refractivity contribution < 1.29 is 9.47 Å². The largest absolute Gasteiger partial charge is 0.458 e. The van der Waals surface area contributed by atoms with Crippen molar-refractivity contribution in [2.45, 2.75) is 0 Å². The van der Waals surface area contributed by atoms with Gasteiger partial charge in [-0.05, 0) is 90.1 Å². The molecule has 2 heterocycles. The van der Waals surface area contributed by atoms with Gasteiger partial charge in [0.1, 0.15) is 23.0 Å². The van der Waals surface area contributed by atoms with Crippen molar-refractivity contribution in [1.82, 2.24) is 0 Å². The monoisotopic (exact) mass is 598 g/mol. The Kier molecular flexibility index (Phi) is 5.70. The second-order valence-electron chi connectivity index (χ2n) is 12.3. The summed E-state index contributed by atoms with van der Waals surface area (Å²) in [4.78, 5) is 0. The first-order valence-electron chi connectivity index (χ1n) is 16.1. The second kappa shape index (κ2) is 10.2. The lowest BCUT2D eigenvalue weighted by Crippen LogP contribution is -2.57. The minimum absolute atomic E-state index is 0.0180. The Morgan fingerprint density at radius 1 is 0.340 bits per heavy atom. The van der Waals surface area contributed by atoms with Crippen LogP contribution in [0, 0.1) is 0 Å². The maximum Gasteiger partial charge on any atom is 0.260 e. The number of rotatable bonds is 3. The zero-order valence-electron chi connectivity index (χ0n) is 25.5. The van der Waals surface area contributed by atoms with Gasteiger partial charge in [0.15, 0.2) is 0 Å². The molecule has 0 saturated heterocycles. The predicted molar refractivity (Wildman–Crippen MR) is 195 cm³/mol. The zero-order valence-corrected chi connectivity index (χ0v) is 25.5. The fourth-order valence-electron chi connectivity index (χ4n) is 7.84. The van der Waals surface area contributed by atoms with E-state index in [-0.39, 0.29) is 6.71 Å². The minimum atomic E-state index is 0.0180. The van der Waals surface area contributed by atoms with Crippen LogP contribution in [-0.2, 0) is 0 Å². The van der Waals surface area contributed by atoms with Crippen molar-refractivity contribution in [1.29, 1.82) is 0 Å². The highest BCUT2D eigenvalue weighted by molar-refractivity contribution is 6.98. The molecule has 0 fully saturated rings. The maximum atomic E-state index is 6.56. The van der Waals surface area contributed by atoms with Gasteiger partial charge in [-0.25, -0.2) is 0 Å². The van der Waals surface area contributed by atoms with Gasteiger partial charge in [0, 0.05) is 5.46 Å². The van der Waals surface area contributed by atoms with Gasteiger partial charge in [-0.2, -0.15) is 0 Å². The topological polar surface area (TPSA) is 18.5 Å². The van der Waals surface area contributed by atoms with Gasteiger partial charge < -0.3 is 9.47 Å². The standard InChI is InChI=1S/C44H27BO2/c1-2-13-28(14-3-1)30-15-4-5-16-31(30)43-34-19-8-6-17-32(34)42(33-18-7-9-20-35(33)43)29-25-26-39-37(27-29)45-36-21-10-11-22-38(36)46-40-23-12-24-41(47-39)44(40)45/h1-27H. The number of hydrogen-bond acceptors (Lipinski definition) is 2. The van der Waals surface area contributed by atoms with E-state index in [1.165, 1.54) is 54.9 Å². The average Bonchev–Trinajstić information content (AvgIpc) is 3.14. The SMILES string of the molecule is c1ccc(-c2ccccc2-c2c3ccccc3c(-c3ccc4c(c3)B3c5ccccc5Oc5cccc(c53)O4)c3ccccc23)cc1. The van der Waals surface area contributed by atoms with Crippen LogP contribution in [0.2, 0.25) is 0 Å². The lowest BCUT2D eigenvalue weighted by Gasteiger charge is -2.33. The highest BCUT2D eigenvalue weighted by Crippen LogP contribution is 2.46. The summed E-state index contributed by atoms with van der Waals surface area (Å²) < 4.78 is 12.9. The lowest BCUT2D eigenvalue weighted by atomic mass is 9.35. The third-order valence-electron chi connectivity index (χ3n) is 9.81. The van der Waals surface area contributed by atoms with Gasteiger partial charge in [0.2, 0.25) is 0 Å². The van der Waals surface area contributed by atoms with E-state index in [0.717, 1.165) is 39.4 Å². The first-order chi connectivity index (χ1) is 23.3. The van der Waals surface area contributed by atoms with Gasteiger partial charge in [-0.15, -0.1) is 0 Å². The Bertz CT molecular complexity index is 2460. The Hall–Kier alpha value is -6.06.